The molecule has 2 aliphatic heterocycles. The summed E-state index contributed by atoms with van der Waals surface area (Å²) in [7, 11) is 5.45. The van der Waals surface area contributed by atoms with E-state index in [1.165, 1.54) is 11.1 Å². The minimum Gasteiger partial charge on any atom is -0.493 e. The zero-order valence-corrected chi connectivity index (χ0v) is 18.1. The third-order valence-electron chi connectivity index (χ3n) is 6.29. The van der Waals surface area contributed by atoms with Gasteiger partial charge in [-0.05, 0) is 42.3 Å². The topological polar surface area (TPSA) is 45.3 Å². The maximum atomic E-state index is 13.2. The van der Waals surface area contributed by atoms with Crippen LogP contribution >= 0.6 is 0 Å². The summed E-state index contributed by atoms with van der Waals surface area (Å²) in [5.41, 5.74) is 3.65. The van der Waals surface area contributed by atoms with Gasteiger partial charge in [0.05, 0.1) is 20.8 Å². The molecule has 160 valence electrons. The molecule has 0 saturated carbocycles. The number of carbonyl (C=O) groups is 1. The van der Waals surface area contributed by atoms with Gasteiger partial charge in [0.2, 0.25) is 5.91 Å². The Kier molecular flexibility index (Phi) is 6.25. The maximum Gasteiger partial charge on any atom is 0.237 e. The second-order valence-corrected chi connectivity index (χ2v) is 8.20. The predicted molar refractivity (Wildman–Crippen MR) is 117 cm³/mol. The van der Waals surface area contributed by atoms with Gasteiger partial charge in [-0.3, -0.25) is 9.69 Å². The molecule has 2 heterocycles. The summed E-state index contributed by atoms with van der Waals surface area (Å²) in [6, 6.07) is 14.8. The molecule has 1 saturated heterocycles. The van der Waals surface area contributed by atoms with E-state index < -0.39 is 0 Å². The molecule has 6 heteroatoms. The molecule has 4 rings (SSSR count). The van der Waals surface area contributed by atoms with Crippen LogP contribution in [0.25, 0.3) is 0 Å². The fourth-order valence-electron chi connectivity index (χ4n) is 4.51. The minimum atomic E-state index is 0.195. The molecule has 0 aromatic heterocycles. The van der Waals surface area contributed by atoms with Crippen LogP contribution < -0.4 is 9.47 Å². The van der Waals surface area contributed by atoms with Crippen LogP contribution in [0.15, 0.2) is 42.5 Å². The number of benzene rings is 2. The number of likely N-dealkylation sites (N-methyl/N-ethyl adjacent to an activating group) is 1. The monoisotopic (exact) mass is 409 g/mol. The highest BCUT2D eigenvalue weighted by molar-refractivity contribution is 5.78. The second-order valence-electron chi connectivity index (χ2n) is 8.20. The van der Waals surface area contributed by atoms with Crippen molar-refractivity contribution in [1.82, 2.24) is 14.7 Å². The zero-order chi connectivity index (χ0) is 21.1. The van der Waals surface area contributed by atoms with E-state index in [1.807, 2.05) is 23.1 Å². The largest absolute Gasteiger partial charge is 0.493 e. The first-order valence-corrected chi connectivity index (χ1v) is 10.6. The molecule has 6 nitrogen and oxygen atoms in total. The SMILES string of the molecule is COc1cc2c(cc1OC)CN(C(=O)CN1CCN(C)CC1c1ccccc1)CC2. The van der Waals surface area contributed by atoms with E-state index in [4.69, 9.17) is 9.47 Å². The Morgan fingerprint density at radius 2 is 1.70 bits per heavy atom. The van der Waals surface area contributed by atoms with Crippen molar-refractivity contribution in [3.63, 3.8) is 0 Å². The van der Waals surface area contributed by atoms with Crippen LogP contribution in [-0.2, 0) is 17.8 Å². The van der Waals surface area contributed by atoms with Crippen molar-refractivity contribution in [2.75, 3.05) is 54.0 Å². The van der Waals surface area contributed by atoms with E-state index in [2.05, 4.69) is 41.1 Å². The van der Waals surface area contributed by atoms with Crippen LogP contribution in [-0.4, -0.2) is 74.6 Å². The molecule has 30 heavy (non-hydrogen) atoms. The smallest absolute Gasteiger partial charge is 0.237 e. The molecule has 0 N–H and O–H groups in total. The first kappa shape index (κ1) is 20.7. The number of hydrogen-bond donors (Lipinski definition) is 0. The molecule has 1 amide bonds. The summed E-state index contributed by atoms with van der Waals surface area (Å²) in [6.45, 7) is 4.64. The van der Waals surface area contributed by atoms with Gasteiger partial charge in [-0.2, -0.15) is 0 Å². The van der Waals surface area contributed by atoms with E-state index in [1.54, 1.807) is 14.2 Å². The molecule has 1 atom stereocenters. The molecule has 0 spiro atoms. The zero-order valence-electron chi connectivity index (χ0n) is 18.1. The van der Waals surface area contributed by atoms with Gasteiger partial charge in [0.1, 0.15) is 0 Å². The Hall–Kier alpha value is -2.57. The van der Waals surface area contributed by atoms with Crippen molar-refractivity contribution in [2.45, 2.75) is 19.0 Å². The van der Waals surface area contributed by atoms with Crippen LogP contribution in [0.2, 0.25) is 0 Å². The number of methoxy groups -OCH3 is 2. The van der Waals surface area contributed by atoms with Crippen LogP contribution in [0.5, 0.6) is 11.5 Å². The van der Waals surface area contributed by atoms with Crippen LogP contribution in [0, 0.1) is 0 Å². The first-order valence-electron chi connectivity index (χ1n) is 10.6. The van der Waals surface area contributed by atoms with Gasteiger partial charge in [-0.1, -0.05) is 30.3 Å². The lowest BCUT2D eigenvalue weighted by atomic mass is 9.98. The van der Waals surface area contributed by atoms with Gasteiger partial charge >= 0.3 is 0 Å². The number of amides is 1. The standard InChI is InChI=1S/C24H31N3O3/c1-25-11-12-26(21(16-25)18-7-5-4-6-8-18)17-24(28)27-10-9-19-13-22(29-2)23(30-3)14-20(19)15-27/h4-8,13-14,21H,9-12,15-17H2,1-3H3. The fourth-order valence-corrected chi connectivity index (χ4v) is 4.51. The average molecular weight is 410 g/mol. The molecular formula is C24H31N3O3. The van der Waals surface area contributed by atoms with Crippen molar-refractivity contribution >= 4 is 5.91 Å². The average Bonchev–Trinajstić information content (AvgIpc) is 2.79. The van der Waals surface area contributed by atoms with Gasteiger partial charge in [0.25, 0.3) is 0 Å². The van der Waals surface area contributed by atoms with Crippen molar-refractivity contribution < 1.29 is 14.3 Å². The van der Waals surface area contributed by atoms with Crippen molar-refractivity contribution in [3.05, 3.63) is 59.2 Å². The first-order chi connectivity index (χ1) is 14.6. The summed E-state index contributed by atoms with van der Waals surface area (Å²) in [5, 5.41) is 0. The lowest BCUT2D eigenvalue weighted by molar-refractivity contribution is -0.134. The number of ether oxygens (including phenoxy) is 2. The van der Waals surface area contributed by atoms with Crippen LogP contribution in [0.1, 0.15) is 22.7 Å². The summed E-state index contributed by atoms with van der Waals surface area (Å²) < 4.78 is 10.9. The van der Waals surface area contributed by atoms with E-state index in [0.29, 0.717) is 18.8 Å². The van der Waals surface area contributed by atoms with E-state index in [-0.39, 0.29) is 11.9 Å². The summed E-state index contributed by atoms with van der Waals surface area (Å²) in [5.74, 6) is 1.66. The predicted octanol–water partition coefficient (Wildman–Crippen LogP) is 2.58. The van der Waals surface area contributed by atoms with Gasteiger partial charge in [0, 0.05) is 38.8 Å². The fraction of sp³-hybridized carbons (Fsp3) is 0.458. The summed E-state index contributed by atoms with van der Waals surface area (Å²) in [6.07, 6.45) is 0.840. The Bertz CT molecular complexity index is 887. The number of piperazine rings is 1. The van der Waals surface area contributed by atoms with Gasteiger partial charge < -0.3 is 19.3 Å². The van der Waals surface area contributed by atoms with Crippen LogP contribution in [0.3, 0.4) is 0 Å². The van der Waals surface area contributed by atoms with Crippen LogP contribution in [0.4, 0.5) is 0 Å². The molecule has 1 unspecified atom stereocenters. The Labute approximate surface area is 179 Å². The highest BCUT2D eigenvalue weighted by Crippen LogP contribution is 2.33. The van der Waals surface area contributed by atoms with Crippen molar-refractivity contribution in [1.29, 1.82) is 0 Å². The van der Waals surface area contributed by atoms with Gasteiger partial charge in [-0.15, -0.1) is 0 Å². The quantitative estimate of drug-likeness (QED) is 0.760. The number of rotatable bonds is 5. The van der Waals surface area contributed by atoms with Gasteiger partial charge in [0.15, 0.2) is 11.5 Å². The highest BCUT2D eigenvalue weighted by Gasteiger charge is 2.30. The van der Waals surface area contributed by atoms with Gasteiger partial charge in [-0.25, -0.2) is 0 Å². The summed E-state index contributed by atoms with van der Waals surface area (Å²) >= 11 is 0. The third kappa shape index (κ3) is 4.30. The molecule has 1 fully saturated rings. The molecule has 2 aliphatic rings. The number of nitrogens with zero attached hydrogens (tertiary/aromatic N) is 3. The molecule has 0 radical (unpaired) electrons. The second kappa shape index (κ2) is 9.06. The highest BCUT2D eigenvalue weighted by atomic mass is 16.5. The number of carbonyl (C=O) groups excluding carboxylic acids is 1. The normalized spacial score (nSPS) is 20.0. The Morgan fingerprint density at radius 1 is 1.00 bits per heavy atom. The Morgan fingerprint density at radius 3 is 2.40 bits per heavy atom. The van der Waals surface area contributed by atoms with E-state index in [9.17, 15) is 4.79 Å². The van der Waals surface area contributed by atoms with E-state index in [0.717, 1.165) is 43.9 Å². The Balaban J connectivity index is 1.47. The molecular weight excluding hydrogens is 378 g/mol. The molecule has 0 aliphatic carbocycles. The number of hydrogen-bond acceptors (Lipinski definition) is 5. The van der Waals surface area contributed by atoms with E-state index >= 15 is 0 Å². The summed E-state index contributed by atoms with van der Waals surface area (Å²) in [4.78, 5) is 19.9. The molecule has 2 aromatic carbocycles. The van der Waals surface area contributed by atoms with Crippen molar-refractivity contribution in [2.24, 2.45) is 0 Å². The van der Waals surface area contributed by atoms with Crippen molar-refractivity contribution in [3.8, 4) is 11.5 Å². The number of fused-ring (bicyclic) bond motifs is 1. The molecule has 0 bridgehead atoms. The lowest BCUT2D eigenvalue weighted by Crippen LogP contribution is -2.51. The third-order valence-corrected chi connectivity index (χ3v) is 6.29. The minimum absolute atomic E-state index is 0.195. The lowest BCUT2D eigenvalue weighted by Gasteiger charge is -2.41. The molecule has 2 aromatic rings. The maximum absolute atomic E-state index is 13.2.